The molecule has 0 bridgehead atoms. The number of hydrogen-bond acceptors (Lipinski definition) is 2. The van der Waals surface area contributed by atoms with Gasteiger partial charge in [0.2, 0.25) is 0 Å². The number of nitrogens with zero attached hydrogens (tertiary/aromatic N) is 2. The lowest BCUT2D eigenvalue weighted by atomic mass is 9.94. The van der Waals surface area contributed by atoms with Crippen LogP contribution in [0.2, 0.25) is 0 Å². The number of aliphatic hydroxyl groups excluding tert-OH is 1. The van der Waals surface area contributed by atoms with Crippen molar-refractivity contribution in [2.24, 2.45) is 0 Å². The Hall–Kier alpha value is -1.09. The van der Waals surface area contributed by atoms with Crippen LogP contribution in [0.25, 0.3) is 0 Å². The molecule has 0 aromatic carbocycles. The van der Waals surface area contributed by atoms with Crippen molar-refractivity contribution in [2.75, 3.05) is 0 Å². The van der Waals surface area contributed by atoms with Gasteiger partial charge in [0.25, 0.3) is 0 Å². The van der Waals surface area contributed by atoms with E-state index in [1.807, 2.05) is 17.7 Å². The van der Waals surface area contributed by atoms with Gasteiger partial charge < -0.3 is 5.11 Å². The zero-order valence-electron chi connectivity index (χ0n) is 9.19. The van der Waals surface area contributed by atoms with Crippen molar-refractivity contribution in [2.45, 2.75) is 45.3 Å². The number of aromatic nitrogens is 2. The summed E-state index contributed by atoms with van der Waals surface area (Å²) in [4.78, 5) is 0. The SMILES string of the molecule is CCn1nccc1C(O)C1=CCCCC1. The maximum absolute atomic E-state index is 10.2. The number of rotatable bonds is 3. The molecule has 0 saturated carbocycles. The van der Waals surface area contributed by atoms with Crippen LogP contribution in [0.5, 0.6) is 0 Å². The monoisotopic (exact) mass is 206 g/mol. The number of aliphatic hydroxyl groups is 1. The van der Waals surface area contributed by atoms with Gasteiger partial charge in [0.15, 0.2) is 0 Å². The second-order valence-electron chi connectivity index (χ2n) is 4.00. The van der Waals surface area contributed by atoms with Crippen molar-refractivity contribution in [1.82, 2.24) is 9.78 Å². The first-order chi connectivity index (χ1) is 7.33. The molecule has 2 rings (SSSR count). The fourth-order valence-corrected chi connectivity index (χ4v) is 2.14. The smallest absolute Gasteiger partial charge is 0.117 e. The van der Waals surface area contributed by atoms with E-state index in [9.17, 15) is 5.11 Å². The molecule has 1 aromatic rings. The highest BCUT2D eigenvalue weighted by atomic mass is 16.3. The van der Waals surface area contributed by atoms with Gasteiger partial charge in [-0.25, -0.2) is 0 Å². The molecule has 0 amide bonds. The molecular formula is C12H18N2O. The molecule has 0 saturated heterocycles. The van der Waals surface area contributed by atoms with Gasteiger partial charge in [0.05, 0.1) is 5.69 Å². The van der Waals surface area contributed by atoms with Crippen molar-refractivity contribution < 1.29 is 5.11 Å². The van der Waals surface area contributed by atoms with Gasteiger partial charge >= 0.3 is 0 Å². The van der Waals surface area contributed by atoms with Crippen LogP contribution >= 0.6 is 0 Å². The molecule has 15 heavy (non-hydrogen) atoms. The van der Waals surface area contributed by atoms with Crippen molar-refractivity contribution in [3.8, 4) is 0 Å². The second-order valence-corrected chi connectivity index (χ2v) is 4.00. The Kier molecular flexibility index (Phi) is 3.21. The third-order valence-corrected chi connectivity index (χ3v) is 3.01. The van der Waals surface area contributed by atoms with Crippen molar-refractivity contribution in [3.05, 3.63) is 29.6 Å². The largest absolute Gasteiger partial charge is 0.382 e. The first-order valence-corrected chi connectivity index (χ1v) is 5.71. The van der Waals surface area contributed by atoms with Crippen LogP contribution in [0.4, 0.5) is 0 Å². The van der Waals surface area contributed by atoms with Crippen LogP contribution in [-0.4, -0.2) is 14.9 Å². The second kappa shape index (κ2) is 4.62. The van der Waals surface area contributed by atoms with Gasteiger partial charge in [0, 0.05) is 12.7 Å². The standard InChI is InChI=1S/C12H18N2O/c1-2-14-11(8-9-13-14)12(15)10-6-4-3-5-7-10/h6,8-9,12,15H,2-5,7H2,1H3. The van der Waals surface area contributed by atoms with E-state index in [4.69, 9.17) is 0 Å². The molecule has 1 aromatic heterocycles. The average molecular weight is 206 g/mol. The summed E-state index contributed by atoms with van der Waals surface area (Å²) < 4.78 is 1.86. The van der Waals surface area contributed by atoms with E-state index in [0.29, 0.717) is 0 Å². The Balaban J connectivity index is 2.19. The summed E-state index contributed by atoms with van der Waals surface area (Å²) in [6.45, 7) is 2.85. The molecule has 1 atom stereocenters. The molecule has 1 aliphatic carbocycles. The zero-order valence-corrected chi connectivity index (χ0v) is 9.19. The first kappa shape index (κ1) is 10.4. The van der Waals surface area contributed by atoms with E-state index in [2.05, 4.69) is 11.2 Å². The highest BCUT2D eigenvalue weighted by Gasteiger charge is 2.18. The molecular weight excluding hydrogens is 188 g/mol. The minimum atomic E-state index is -0.451. The molecule has 3 nitrogen and oxygen atoms in total. The van der Waals surface area contributed by atoms with E-state index >= 15 is 0 Å². The fraction of sp³-hybridized carbons (Fsp3) is 0.583. The summed E-state index contributed by atoms with van der Waals surface area (Å²) in [7, 11) is 0. The summed E-state index contributed by atoms with van der Waals surface area (Å²) in [5.74, 6) is 0. The zero-order chi connectivity index (χ0) is 10.7. The van der Waals surface area contributed by atoms with Gasteiger partial charge in [-0.2, -0.15) is 5.10 Å². The molecule has 0 fully saturated rings. The van der Waals surface area contributed by atoms with Crippen LogP contribution in [0.15, 0.2) is 23.9 Å². The Morgan fingerprint density at radius 3 is 3.07 bits per heavy atom. The predicted octanol–water partition coefficient (Wildman–Crippen LogP) is 2.44. The predicted molar refractivity (Wildman–Crippen MR) is 59.4 cm³/mol. The molecule has 1 unspecified atom stereocenters. The summed E-state index contributed by atoms with van der Waals surface area (Å²) >= 11 is 0. The molecule has 0 spiro atoms. The lowest BCUT2D eigenvalue weighted by molar-refractivity contribution is 0.196. The van der Waals surface area contributed by atoms with Crippen molar-refractivity contribution >= 4 is 0 Å². The fourth-order valence-electron chi connectivity index (χ4n) is 2.14. The molecule has 0 aliphatic heterocycles. The third-order valence-electron chi connectivity index (χ3n) is 3.01. The maximum atomic E-state index is 10.2. The lowest BCUT2D eigenvalue weighted by Crippen LogP contribution is -2.11. The molecule has 1 aliphatic rings. The van der Waals surface area contributed by atoms with E-state index in [0.717, 1.165) is 30.7 Å². The molecule has 0 radical (unpaired) electrons. The highest BCUT2D eigenvalue weighted by Crippen LogP contribution is 2.29. The Labute approximate surface area is 90.4 Å². The summed E-state index contributed by atoms with van der Waals surface area (Å²) in [5.41, 5.74) is 2.09. The number of aryl methyl sites for hydroxylation is 1. The third kappa shape index (κ3) is 2.12. The van der Waals surface area contributed by atoms with E-state index in [-0.39, 0.29) is 0 Å². The number of allylic oxidation sites excluding steroid dienone is 1. The summed E-state index contributed by atoms with van der Waals surface area (Å²) in [5, 5.41) is 14.4. The quantitative estimate of drug-likeness (QED) is 0.771. The summed E-state index contributed by atoms with van der Waals surface area (Å²) in [6.07, 6.45) is 8.06. The van der Waals surface area contributed by atoms with Gasteiger partial charge in [-0.05, 0) is 44.2 Å². The van der Waals surface area contributed by atoms with E-state index in [1.165, 1.54) is 12.8 Å². The molecule has 3 heteroatoms. The van der Waals surface area contributed by atoms with E-state index in [1.54, 1.807) is 6.20 Å². The van der Waals surface area contributed by atoms with Gasteiger partial charge in [-0.3, -0.25) is 4.68 Å². The van der Waals surface area contributed by atoms with Gasteiger partial charge in [-0.1, -0.05) is 6.08 Å². The minimum absolute atomic E-state index is 0.451. The van der Waals surface area contributed by atoms with Crippen LogP contribution in [-0.2, 0) is 6.54 Å². The van der Waals surface area contributed by atoms with Crippen molar-refractivity contribution in [1.29, 1.82) is 0 Å². The highest BCUT2D eigenvalue weighted by molar-refractivity contribution is 5.20. The topological polar surface area (TPSA) is 38.0 Å². The van der Waals surface area contributed by atoms with E-state index < -0.39 is 6.10 Å². The van der Waals surface area contributed by atoms with Gasteiger partial charge in [0.1, 0.15) is 6.10 Å². The average Bonchev–Trinajstić information content (AvgIpc) is 2.77. The van der Waals surface area contributed by atoms with Crippen LogP contribution < -0.4 is 0 Å². The van der Waals surface area contributed by atoms with Crippen LogP contribution in [0, 0.1) is 0 Å². The number of hydrogen-bond donors (Lipinski definition) is 1. The Morgan fingerprint density at radius 1 is 1.53 bits per heavy atom. The van der Waals surface area contributed by atoms with Gasteiger partial charge in [-0.15, -0.1) is 0 Å². The first-order valence-electron chi connectivity index (χ1n) is 5.71. The molecule has 1 N–H and O–H groups in total. The van der Waals surface area contributed by atoms with Crippen LogP contribution in [0.3, 0.4) is 0 Å². The Morgan fingerprint density at radius 2 is 2.40 bits per heavy atom. The molecule has 1 heterocycles. The Bertz CT molecular complexity index is 354. The summed E-state index contributed by atoms with van der Waals surface area (Å²) in [6, 6.07) is 1.91. The maximum Gasteiger partial charge on any atom is 0.117 e. The lowest BCUT2D eigenvalue weighted by Gasteiger charge is -2.19. The van der Waals surface area contributed by atoms with Crippen molar-refractivity contribution in [3.63, 3.8) is 0 Å². The normalized spacial score (nSPS) is 18.7. The minimum Gasteiger partial charge on any atom is -0.382 e. The van der Waals surface area contributed by atoms with Crippen LogP contribution in [0.1, 0.15) is 44.4 Å². The molecule has 82 valence electrons.